The third-order valence-corrected chi connectivity index (χ3v) is 5.66. The molecule has 0 aliphatic carbocycles. The van der Waals surface area contributed by atoms with Crippen LogP contribution in [-0.2, 0) is 14.8 Å². The van der Waals surface area contributed by atoms with Crippen molar-refractivity contribution >= 4 is 27.6 Å². The fourth-order valence-electron chi connectivity index (χ4n) is 2.86. The van der Waals surface area contributed by atoms with Crippen molar-refractivity contribution in [3.05, 3.63) is 71.5 Å². The summed E-state index contributed by atoms with van der Waals surface area (Å²) in [6, 6.07) is 15.0. The zero-order valence-electron chi connectivity index (χ0n) is 17.7. The minimum Gasteiger partial charge on any atom is -0.481 e. The number of nitrogens with zero attached hydrogens (tertiary/aromatic N) is 2. The second kappa shape index (κ2) is 9.13. The molecule has 1 atom stereocenters. The highest BCUT2D eigenvalue weighted by molar-refractivity contribution is 7.92. The number of sulfonamides is 1. The van der Waals surface area contributed by atoms with E-state index in [1.165, 1.54) is 24.3 Å². The summed E-state index contributed by atoms with van der Waals surface area (Å²) in [5, 5.41) is 2.72. The van der Waals surface area contributed by atoms with Gasteiger partial charge in [0.2, 0.25) is 5.95 Å². The van der Waals surface area contributed by atoms with E-state index in [0.29, 0.717) is 22.8 Å². The first-order valence-electron chi connectivity index (χ1n) is 9.62. The third kappa shape index (κ3) is 6.02. The predicted octanol–water partition coefficient (Wildman–Crippen LogP) is 3.61. The molecule has 1 amide bonds. The molecule has 0 saturated heterocycles. The monoisotopic (exact) mass is 440 g/mol. The standard InChI is InChI=1S/C22H24N4O4S/c1-14-6-5-7-19(12-14)30-17(4)21(27)25-18-8-10-20(11-9-18)31(28,29)26-22-23-15(2)13-16(3)24-22/h5-13,17H,1-4H3,(H,25,27)(H,23,24,26). The Bertz CT molecular complexity index is 1170. The predicted molar refractivity (Wildman–Crippen MR) is 119 cm³/mol. The minimum absolute atomic E-state index is 0.0111. The lowest BCUT2D eigenvalue weighted by Gasteiger charge is -2.15. The quantitative estimate of drug-likeness (QED) is 0.581. The summed E-state index contributed by atoms with van der Waals surface area (Å²) in [6.07, 6.45) is -0.728. The molecular formula is C22H24N4O4S. The number of aryl methyl sites for hydroxylation is 3. The van der Waals surface area contributed by atoms with Gasteiger partial charge in [0.25, 0.3) is 15.9 Å². The van der Waals surface area contributed by atoms with Crippen molar-refractivity contribution < 1.29 is 17.9 Å². The van der Waals surface area contributed by atoms with E-state index in [9.17, 15) is 13.2 Å². The van der Waals surface area contributed by atoms with Crippen molar-refractivity contribution in [1.82, 2.24) is 9.97 Å². The first kappa shape index (κ1) is 22.2. The molecule has 9 heteroatoms. The molecule has 2 aromatic carbocycles. The topological polar surface area (TPSA) is 110 Å². The largest absolute Gasteiger partial charge is 0.481 e. The van der Waals surface area contributed by atoms with Crippen LogP contribution in [0.4, 0.5) is 11.6 Å². The number of anilines is 2. The average Bonchev–Trinajstić information content (AvgIpc) is 2.67. The van der Waals surface area contributed by atoms with E-state index >= 15 is 0 Å². The van der Waals surface area contributed by atoms with Crippen molar-refractivity contribution in [2.45, 2.75) is 38.7 Å². The Morgan fingerprint density at radius 2 is 1.61 bits per heavy atom. The maximum absolute atomic E-state index is 12.6. The molecule has 3 rings (SSSR count). The Hall–Kier alpha value is -3.46. The lowest BCUT2D eigenvalue weighted by molar-refractivity contribution is -0.122. The summed E-state index contributed by atoms with van der Waals surface area (Å²) in [5.74, 6) is 0.264. The molecule has 0 saturated carbocycles. The highest BCUT2D eigenvalue weighted by atomic mass is 32.2. The molecule has 0 aliphatic heterocycles. The van der Waals surface area contributed by atoms with Gasteiger partial charge in [-0.25, -0.2) is 23.1 Å². The van der Waals surface area contributed by atoms with Crippen molar-refractivity contribution in [3.63, 3.8) is 0 Å². The summed E-state index contributed by atoms with van der Waals surface area (Å²) in [4.78, 5) is 20.6. The van der Waals surface area contributed by atoms with Gasteiger partial charge in [-0.15, -0.1) is 0 Å². The Morgan fingerprint density at radius 1 is 0.968 bits per heavy atom. The van der Waals surface area contributed by atoms with Crippen LogP contribution in [0.25, 0.3) is 0 Å². The van der Waals surface area contributed by atoms with Crippen molar-refractivity contribution in [2.75, 3.05) is 10.0 Å². The molecule has 2 N–H and O–H groups in total. The number of hydrogen-bond acceptors (Lipinski definition) is 6. The van der Waals surface area contributed by atoms with Crippen LogP contribution in [-0.4, -0.2) is 30.4 Å². The second-order valence-electron chi connectivity index (χ2n) is 7.17. The number of carbonyl (C=O) groups is 1. The zero-order chi connectivity index (χ0) is 22.6. The Balaban J connectivity index is 1.65. The second-order valence-corrected chi connectivity index (χ2v) is 8.85. The molecule has 0 bridgehead atoms. The molecule has 162 valence electrons. The SMILES string of the molecule is Cc1cccc(OC(C)C(=O)Nc2ccc(S(=O)(=O)Nc3nc(C)cc(C)n3)cc2)c1. The molecule has 1 heterocycles. The third-order valence-electron chi connectivity index (χ3n) is 4.31. The number of nitrogens with one attached hydrogen (secondary N) is 2. The van der Waals surface area contributed by atoms with Gasteiger partial charge in [-0.05, 0) is 75.7 Å². The van der Waals surface area contributed by atoms with Crippen LogP contribution >= 0.6 is 0 Å². The maximum Gasteiger partial charge on any atom is 0.265 e. The lowest BCUT2D eigenvalue weighted by atomic mass is 10.2. The molecular weight excluding hydrogens is 416 g/mol. The van der Waals surface area contributed by atoms with Crippen molar-refractivity contribution in [3.8, 4) is 5.75 Å². The Kier molecular flexibility index (Phi) is 6.55. The van der Waals surface area contributed by atoms with Crippen LogP contribution in [0.5, 0.6) is 5.75 Å². The van der Waals surface area contributed by atoms with Crippen LogP contribution in [0, 0.1) is 20.8 Å². The lowest BCUT2D eigenvalue weighted by Crippen LogP contribution is -2.30. The van der Waals surface area contributed by atoms with Crippen LogP contribution in [0.2, 0.25) is 0 Å². The number of benzene rings is 2. The molecule has 8 nitrogen and oxygen atoms in total. The molecule has 0 radical (unpaired) electrons. The number of carbonyl (C=O) groups excluding carboxylic acids is 1. The Morgan fingerprint density at radius 3 is 2.23 bits per heavy atom. The fourth-order valence-corrected chi connectivity index (χ4v) is 3.80. The molecule has 1 unspecified atom stereocenters. The van der Waals surface area contributed by atoms with Crippen LogP contribution in [0.3, 0.4) is 0 Å². The van der Waals surface area contributed by atoms with Crippen LogP contribution < -0.4 is 14.8 Å². The highest BCUT2D eigenvalue weighted by Gasteiger charge is 2.18. The minimum atomic E-state index is -3.87. The van der Waals surface area contributed by atoms with Gasteiger partial charge in [-0.2, -0.15) is 0 Å². The zero-order valence-corrected chi connectivity index (χ0v) is 18.5. The van der Waals surface area contributed by atoms with Gasteiger partial charge in [-0.1, -0.05) is 12.1 Å². The number of hydrogen-bond donors (Lipinski definition) is 2. The summed E-state index contributed by atoms with van der Waals surface area (Å²) >= 11 is 0. The van der Waals surface area contributed by atoms with Gasteiger partial charge < -0.3 is 10.1 Å². The number of aromatic nitrogens is 2. The van der Waals surface area contributed by atoms with Crippen molar-refractivity contribution in [2.24, 2.45) is 0 Å². The van der Waals surface area contributed by atoms with E-state index in [2.05, 4.69) is 20.0 Å². The van der Waals surface area contributed by atoms with Gasteiger partial charge >= 0.3 is 0 Å². The maximum atomic E-state index is 12.6. The highest BCUT2D eigenvalue weighted by Crippen LogP contribution is 2.18. The molecule has 0 fully saturated rings. The van der Waals surface area contributed by atoms with E-state index < -0.39 is 16.1 Å². The molecule has 1 aromatic heterocycles. The van der Waals surface area contributed by atoms with E-state index in [1.807, 2.05) is 25.1 Å². The van der Waals surface area contributed by atoms with Crippen molar-refractivity contribution in [1.29, 1.82) is 0 Å². The summed E-state index contributed by atoms with van der Waals surface area (Å²) < 4.78 is 33.2. The smallest absolute Gasteiger partial charge is 0.265 e. The molecule has 31 heavy (non-hydrogen) atoms. The normalized spacial score (nSPS) is 12.1. The average molecular weight is 441 g/mol. The number of rotatable bonds is 7. The van der Waals surface area contributed by atoms with Crippen LogP contribution in [0.1, 0.15) is 23.9 Å². The first-order chi connectivity index (χ1) is 14.6. The number of amides is 1. The van der Waals surface area contributed by atoms with Crippen LogP contribution in [0.15, 0.2) is 59.5 Å². The van der Waals surface area contributed by atoms with Gasteiger partial charge in [0, 0.05) is 17.1 Å². The summed E-state index contributed by atoms with van der Waals surface area (Å²) in [6.45, 7) is 7.10. The van der Waals surface area contributed by atoms with E-state index in [-0.39, 0.29) is 16.8 Å². The van der Waals surface area contributed by atoms with Gasteiger partial charge in [-0.3, -0.25) is 4.79 Å². The summed E-state index contributed by atoms with van der Waals surface area (Å²) in [7, 11) is -3.87. The summed E-state index contributed by atoms with van der Waals surface area (Å²) in [5.41, 5.74) is 2.79. The fraction of sp³-hybridized carbons (Fsp3) is 0.227. The van der Waals surface area contributed by atoms with E-state index in [4.69, 9.17) is 4.74 Å². The first-order valence-corrected chi connectivity index (χ1v) is 11.1. The number of ether oxygens (including phenoxy) is 1. The van der Waals surface area contributed by atoms with Gasteiger partial charge in [0.1, 0.15) is 5.75 Å². The van der Waals surface area contributed by atoms with Gasteiger partial charge in [0.05, 0.1) is 4.90 Å². The molecule has 3 aromatic rings. The molecule has 0 spiro atoms. The van der Waals surface area contributed by atoms with E-state index in [1.54, 1.807) is 32.9 Å². The Labute approximate surface area is 181 Å². The van der Waals surface area contributed by atoms with Gasteiger partial charge in [0.15, 0.2) is 6.10 Å². The molecule has 0 aliphatic rings. The van der Waals surface area contributed by atoms with E-state index in [0.717, 1.165) is 5.56 Å².